The fourth-order valence-electron chi connectivity index (χ4n) is 2.53. The van der Waals surface area contributed by atoms with Gasteiger partial charge in [0.15, 0.2) is 0 Å². The Morgan fingerprint density at radius 1 is 1.28 bits per heavy atom. The largest absolute Gasteiger partial charge is 0.462 e. The highest BCUT2D eigenvalue weighted by atomic mass is 32.1. The predicted molar refractivity (Wildman–Crippen MR) is 97.3 cm³/mol. The summed E-state index contributed by atoms with van der Waals surface area (Å²) in [7, 11) is 0. The minimum atomic E-state index is -0.368. The average Bonchev–Trinajstić information content (AvgIpc) is 2.88. The van der Waals surface area contributed by atoms with Crippen LogP contribution in [0.1, 0.15) is 33.5 Å². The number of nitrogens with zero attached hydrogens (tertiary/aromatic N) is 2. The number of esters is 1. The third kappa shape index (κ3) is 3.32. The molecule has 0 radical (unpaired) electrons. The van der Waals surface area contributed by atoms with Crippen LogP contribution in [0.15, 0.2) is 18.2 Å². The van der Waals surface area contributed by atoms with Crippen molar-refractivity contribution in [2.45, 2.75) is 27.7 Å². The van der Waals surface area contributed by atoms with E-state index in [4.69, 9.17) is 4.74 Å². The molecule has 0 fully saturated rings. The maximum absolute atomic E-state index is 13.8. The Morgan fingerprint density at radius 2 is 2.04 bits per heavy atom. The van der Waals surface area contributed by atoms with Gasteiger partial charge in [-0.25, -0.2) is 19.2 Å². The van der Waals surface area contributed by atoms with Crippen LogP contribution in [0, 0.1) is 26.6 Å². The van der Waals surface area contributed by atoms with Gasteiger partial charge in [-0.2, -0.15) is 0 Å². The van der Waals surface area contributed by atoms with Gasteiger partial charge >= 0.3 is 5.97 Å². The monoisotopic (exact) mass is 359 g/mol. The number of carbonyl (C=O) groups excluding carboxylic acids is 1. The van der Waals surface area contributed by atoms with Crippen LogP contribution in [0.2, 0.25) is 0 Å². The first-order valence-corrected chi connectivity index (χ1v) is 8.70. The summed E-state index contributed by atoms with van der Waals surface area (Å²) >= 11 is 1.28. The number of aromatic nitrogens is 2. The molecule has 0 spiro atoms. The molecule has 2 aromatic heterocycles. The van der Waals surface area contributed by atoms with Crippen molar-refractivity contribution in [3.05, 3.63) is 45.8 Å². The van der Waals surface area contributed by atoms with Crippen molar-refractivity contribution in [2.24, 2.45) is 0 Å². The molecule has 0 aliphatic carbocycles. The lowest BCUT2D eigenvalue weighted by molar-refractivity contribution is 0.0531. The van der Waals surface area contributed by atoms with Gasteiger partial charge in [0.25, 0.3) is 0 Å². The number of carbonyl (C=O) groups is 1. The number of nitrogens with one attached hydrogen (secondary N) is 1. The zero-order chi connectivity index (χ0) is 18.1. The first-order valence-electron chi connectivity index (χ1n) is 7.88. The smallest absolute Gasteiger partial charge is 0.348 e. The van der Waals surface area contributed by atoms with Gasteiger partial charge in [0.05, 0.1) is 12.0 Å². The Bertz CT molecular complexity index is 969. The number of thiophene rings is 1. The van der Waals surface area contributed by atoms with Crippen molar-refractivity contribution in [3.63, 3.8) is 0 Å². The van der Waals surface area contributed by atoms with Gasteiger partial charge in [-0.3, -0.25) is 0 Å². The Kier molecular flexibility index (Phi) is 4.67. The summed E-state index contributed by atoms with van der Waals surface area (Å²) in [6.45, 7) is 7.40. The van der Waals surface area contributed by atoms with Crippen LogP contribution in [-0.4, -0.2) is 22.5 Å². The van der Waals surface area contributed by atoms with Crippen molar-refractivity contribution in [1.29, 1.82) is 0 Å². The van der Waals surface area contributed by atoms with Crippen LogP contribution in [0.4, 0.5) is 15.9 Å². The number of halogens is 1. The van der Waals surface area contributed by atoms with Crippen LogP contribution in [0.5, 0.6) is 0 Å². The molecule has 3 rings (SSSR count). The van der Waals surface area contributed by atoms with Crippen molar-refractivity contribution in [3.8, 4) is 0 Å². The lowest BCUT2D eigenvalue weighted by atomic mass is 10.2. The van der Waals surface area contributed by atoms with Crippen LogP contribution >= 0.6 is 11.3 Å². The first-order chi connectivity index (χ1) is 11.9. The van der Waals surface area contributed by atoms with Crippen LogP contribution in [0.25, 0.3) is 10.2 Å². The molecule has 3 aromatic rings. The number of hydrogen-bond donors (Lipinski definition) is 1. The lowest BCUT2D eigenvalue weighted by Crippen LogP contribution is -2.04. The number of ether oxygens (including phenoxy) is 1. The van der Waals surface area contributed by atoms with E-state index < -0.39 is 0 Å². The van der Waals surface area contributed by atoms with Crippen molar-refractivity contribution < 1.29 is 13.9 Å². The second kappa shape index (κ2) is 6.76. The highest BCUT2D eigenvalue weighted by Crippen LogP contribution is 2.35. The normalized spacial score (nSPS) is 10.9. The molecule has 0 bridgehead atoms. The molecule has 0 amide bonds. The maximum Gasteiger partial charge on any atom is 0.348 e. The Balaban J connectivity index is 2.10. The van der Waals surface area contributed by atoms with Crippen LogP contribution < -0.4 is 5.32 Å². The van der Waals surface area contributed by atoms with E-state index in [0.29, 0.717) is 39.2 Å². The fourth-order valence-corrected chi connectivity index (χ4v) is 3.65. The molecule has 0 aliphatic heterocycles. The van der Waals surface area contributed by atoms with E-state index in [-0.39, 0.29) is 11.8 Å². The summed E-state index contributed by atoms with van der Waals surface area (Å²) in [6.07, 6.45) is 0. The molecule has 2 heterocycles. The number of anilines is 2. The molecule has 0 aliphatic rings. The van der Waals surface area contributed by atoms with Gasteiger partial charge in [0.2, 0.25) is 0 Å². The molecular weight excluding hydrogens is 341 g/mol. The van der Waals surface area contributed by atoms with Crippen LogP contribution in [-0.2, 0) is 4.74 Å². The second-order valence-electron chi connectivity index (χ2n) is 5.67. The molecular formula is C18H18FN3O2S. The highest BCUT2D eigenvalue weighted by Gasteiger charge is 2.21. The fraction of sp³-hybridized carbons (Fsp3) is 0.278. The Hall–Kier alpha value is -2.54. The Morgan fingerprint density at radius 3 is 2.72 bits per heavy atom. The summed E-state index contributed by atoms with van der Waals surface area (Å²) in [4.78, 5) is 22.2. The molecule has 25 heavy (non-hydrogen) atoms. The Labute approximate surface area is 148 Å². The predicted octanol–water partition coefficient (Wildman–Crippen LogP) is 4.68. The minimum absolute atomic E-state index is 0.290. The standard InChI is InChI=1S/C18H18FN3O2S/c1-5-24-18(23)15-10(3)14-16(20-11(4)21-17(14)25-15)22-12-7-6-9(2)13(19)8-12/h6-8H,5H2,1-4H3,(H,20,21,22). The van der Waals surface area contributed by atoms with E-state index in [0.717, 1.165) is 10.9 Å². The van der Waals surface area contributed by atoms with E-state index in [1.807, 2.05) is 6.92 Å². The van der Waals surface area contributed by atoms with E-state index >= 15 is 0 Å². The quantitative estimate of drug-likeness (QED) is 0.686. The topological polar surface area (TPSA) is 64.1 Å². The van der Waals surface area contributed by atoms with Gasteiger partial charge in [-0.15, -0.1) is 11.3 Å². The van der Waals surface area contributed by atoms with E-state index in [9.17, 15) is 9.18 Å². The molecule has 130 valence electrons. The van der Waals surface area contributed by atoms with Gasteiger partial charge in [0, 0.05) is 5.69 Å². The van der Waals surface area contributed by atoms with Crippen molar-refractivity contribution in [1.82, 2.24) is 9.97 Å². The number of benzene rings is 1. The van der Waals surface area contributed by atoms with Gasteiger partial charge < -0.3 is 10.1 Å². The summed E-state index contributed by atoms with van der Waals surface area (Å²) < 4.78 is 18.9. The first kappa shape index (κ1) is 17.3. The molecule has 5 nitrogen and oxygen atoms in total. The van der Waals surface area contributed by atoms with Crippen LogP contribution in [0.3, 0.4) is 0 Å². The molecule has 1 aromatic carbocycles. The second-order valence-corrected chi connectivity index (χ2v) is 6.66. The third-order valence-electron chi connectivity index (χ3n) is 3.80. The number of aryl methyl sites for hydroxylation is 3. The molecule has 0 saturated carbocycles. The lowest BCUT2D eigenvalue weighted by Gasteiger charge is -2.09. The van der Waals surface area contributed by atoms with Gasteiger partial charge in [-0.05, 0) is 51.0 Å². The summed E-state index contributed by atoms with van der Waals surface area (Å²) in [5.41, 5.74) is 1.92. The zero-order valence-corrected chi connectivity index (χ0v) is 15.3. The SMILES string of the molecule is CCOC(=O)c1sc2nc(C)nc(Nc3ccc(C)c(F)c3)c2c1C. The summed E-state index contributed by atoms with van der Waals surface area (Å²) in [6, 6.07) is 4.91. The molecule has 0 saturated heterocycles. The average molecular weight is 359 g/mol. The number of rotatable bonds is 4. The van der Waals surface area contributed by atoms with Crippen molar-refractivity contribution >= 4 is 39.0 Å². The van der Waals surface area contributed by atoms with E-state index in [2.05, 4.69) is 15.3 Å². The molecule has 1 N–H and O–H groups in total. The van der Waals surface area contributed by atoms with E-state index in [1.165, 1.54) is 17.4 Å². The molecule has 0 unspecified atom stereocenters. The maximum atomic E-state index is 13.8. The minimum Gasteiger partial charge on any atom is -0.462 e. The molecule has 0 atom stereocenters. The van der Waals surface area contributed by atoms with E-state index in [1.54, 1.807) is 32.9 Å². The number of fused-ring (bicyclic) bond motifs is 1. The highest BCUT2D eigenvalue weighted by molar-refractivity contribution is 7.20. The van der Waals surface area contributed by atoms with Crippen molar-refractivity contribution in [2.75, 3.05) is 11.9 Å². The zero-order valence-electron chi connectivity index (χ0n) is 14.4. The number of hydrogen-bond acceptors (Lipinski definition) is 6. The third-order valence-corrected chi connectivity index (χ3v) is 4.96. The molecule has 7 heteroatoms. The van der Waals surface area contributed by atoms with Gasteiger partial charge in [0.1, 0.15) is 27.2 Å². The summed E-state index contributed by atoms with van der Waals surface area (Å²) in [5, 5.41) is 3.89. The summed E-state index contributed by atoms with van der Waals surface area (Å²) in [5.74, 6) is 0.462. The van der Waals surface area contributed by atoms with Gasteiger partial charge in [-0.1, -0.05) is 6.07 Å².